The van der Waals surface area contributed by atoms with Crippen molar-refractivity contribution in [2.75, 3.05) is 6.61 Å². The van der Waals surface area contributed by atoms with E-state index < -0.39 is 0 Å². The number of aliphatic hydroxyl groups excluding tert-OH is 1. The lowest BCUT2D eigenvalue weighted by Gasteiger charge is -2.16. The lowest BCUT2D eigenvalue weighted by atomic mass is 10.1. The van der Waals surface area contributed by atoms with E-state index in [1.165, 1.54) is 0 Å². The first kappa shape index (κ1) is 15.0. The highest BCUT2D eigenvalue weighted by Crippen LogP contribution is 2.18. The number of fused-ring (bicyclic) bond motifs is 1. The zero-order chi connectivity index (χ0) is 15.5. The Morgan fingerprint density at radius 1 is 1.18 bits per heavy atom. The molecule has 3 rings (SSSR count). The van der Waals surface area contributed by atoms with E-state index in [1.54, 1.807) is 0 Å². The maximum Gasteiger partial charge on any atom is 0.123 e. The van der Waals surface area contributed by atoms with E-state index in [2.05, 4.69) is 20.9 Å². The van der Waals surface area contributed by atoms with Crippen molar-refractivity contribution < 1.29 is 5.11 Å². The Balaban J connectivity index is 1.77. The summed E-state index contributed by atoms with van der Waals surface area (Å²) in [5.41, 5.74) is 3.09. The summed E-state index contributed by atoms with van der Waals surface area (Å²) in [6.07, 6.45) is 0. The van der Waals surface area contributed by atoms with Crippen molar-refractivity contribution in [3.8, 4) is 0 Å². The van der Waals surface area contributed by atoms with E-state index in [-0.39, 0.29) is 12.6 Å². The van der Waals surface area contributed by atoms with Crippen molar-refractivity contribution in [2.24, 2.45) is 7.05 Å². The molecule has 5 heteroatoms. The maximum atomic E-state index is 9.61. The number of halogens is 1. The van der Waals surface area contributed by atoms with Gasteiger partial charge in [-0.3, -0.25) is 0 Å². The first-order chi connectivity index (χ1) is 10.7. The fourth-order valence-corrected chi connectivity index (χ4v) is 2.68. The number of rotatable bonds is 5. The van der Waals surface area contributed by atoms with Crippen LogP contribution >= 0.6 is 11.6 Å². The summed E-state index contributed by atoms with van der Waals surface area (Å²) in [5.74, 6) is 0.939. The Morgan fingerprint density at radius 3 is 2.59 bits per heavy atom. The number of imidazole rings is 1. The summed E-state index contributed by atoms with van der Waals surface area (Å²) < 4.78 is 2.07. The van der Waals surface area contributed by atoms with E-state index in [1.807, 2.05) is 49.5 Å². The summed E-state index contributed by atoms with van der Waals surface area (Å²) in [7, 11) is 2.00. The highest BCUT2D eigenvalue weighted by atomic mass is 35.5. The quantitative estimate of drug-likeness (QED) is 0.761. The zero-order valence-corrected chi connectivity index (χ0v) is 13.1. The third-order valence-electron chi connectivity index (χ3n) is 3.84. The Hall–Kier alpha value is -1.88. The average molecular weight is 316 g/mol. The predicted molar refractivity (Wildman–Crippen MR) is 88.8 cm³/mol. The molecular formula is C17H18ClN3O. The molecule has 0 saturated heterocycles. The molecule has 1 atom stereocenters. The molecule has 0 fully saturated rings. The molecule has 0 aliphatic carbocycles. The monoisotopic (exact) mass is 315 g/mol. The molecule has 0 saturated carbocycles. The van der Waals surface area contributed by atoms with Crippen LogP contribution < -0.4 is 5.32 Å². The summed E-state index contributed by atoms with van der Waals surface area (Å²) in [4.78, 5) is 4.62. The van der Waals surface area contributed by atoms with Crippen LogP contribution in [0.4, 0.5) is 0 Å². The summed E-state index contributed by atoms with van der Waals surface area (Å²) >= 11 is 5.90. The van der Waals surface area contributed by atoms with Crippen LogP contribution in [0.2, 0.25) is 5.02 Å². The van der Waals surface area contributed by atoms with E-state index >= 15 is 0 Å². The van der Waals surface area contributed by atoms with Gasteiger partial charge in [0.2, 0.25) is 0 Å². The van der Waals surface area contributed by atoms with Crippen LogP contribution in [0.25, 0.3) is 11.0 Å². The average Bonchev–Trinajstić information content (AvgIpc) is 2.86. The molecule has 0 aliphatic rings. The number of hydrogen-bond acceptors (Lipinski definition) is 3. The molecule has 0 radical (unpaired) electrons. The number of nitrogens with zero attached hydrogens (tertiary/aromatic N) is 2. The number of aryl methyl sites for hydroxylation is 1. The molecule has 0 bridgehead atoms. The van der Waals surface area contributed by atoms with Gasteiger partial charge in [-0.2, -0.15) is 0 Å². The molecule has 1 heterocycles. The van der Waals surface area contributed by atoms with Crippen molar-refractivity contribution in [2.45, 2.75) is 12.6 Å². The minimum Gasteiger partial charge on any atom is -0.394 e. The lowest BCUT2D eigenvalue weighted by molar-refractivity contribution is 0.242. The van der Waals surface area contributed by atoms with Crippen molar-refractivity contribution in [3.05, 3.63) is 64.9 Å². The van der Waals surface area contributed by atoms with Crippen LogP contribution in [0.5, 0.6) is 0 Å². The van der Waals surface area contributed by atoms with Gasteiger partial charge in [0.15, 0.2) is 0 Å². The Labute approximate surface area is 134 Å². The molecule has 1 unspecified atom stereocenters. The predicted octanol–water partition coefficient (Wildman–Crippen LogP) is 3.05. The molecule has 0 amide bonds. The number of aromatic nitrogens is 2. The van der Waals surface area contributed by atoms with Gasteiger partial charge >= 0.3 is 0 Å². The molecule has 2 aromatic carbocycles. The van der Waals surface area contributed by atoms with Gasteiger partial charge in [0, 0.05) is 12.1 Å². The standard InChI is InChI=1S/C17H18ClN3O/c1-21-16-5-3-2-4-14(16)20-17(21)10-19-15(11-22)12-6-8-13(18)9-7-12/h2-9,15,19,22H,10-11H2,1H3. The van der Waals surface area contributed by atoms with Crippen LogP contribution in [0, 0.1) is 0 Å². The molecule has 114 valence electrons. The van der Waals surface area contributed by atoms with Crippen molar-refractivity contribution >= 4 is 22.6 Å². The first-order valence-electron chi connectivity index (χ1n) is 7.19. The van der Waals surface area contributed by atoms with E-state index in [0.29, 0.717) is 11.6 Å². The second kappa shape index (κ2) is 6.48. The Morgan fingerprint density at radius 2 is 1.91 bits per heavy atom. The fourth-order valence-electron chi connectivity index (χ4n) is 2.55. The summed E-state index contributed by atoms with van der Waals surface area (Å²) in [6.45, 7) is 0.602. The number of para-hydroxylation sites is 2. The number of benzene rings is 2. The maximum absolute atomic E-state index is 9.61. The van der Waals surface area contributed by atoms with Gasteiger partial charge in [0.25, 0.3) is 0 Å². The normalized spacial score (nSPS) is 12.7. The van der Waals surface area contributed by atoms with E-state index in [4.69, 9.17) is 11.6 Å². The van der Waals surface area contributed by atoms with Crippen molar-refractivity contribution in [1.82, 2.24) is 14.9 Å². The zero-order valence-electron chi connectivity index (χ0n) is 12.3. The van der Waals surface area contributed by atoms with Gasteiger partial charge < -0.3 is 15.0 Å². The van der Waals surface area contributed by atoms with Gasteiger partial charge in [0.1, 0.15) is 5.82 Å². The second-order valence-corrected chi connectivity index (χ2v) is 5.68. The molecule has 0 spiro atoms. The lowest BCUT2D eigenvalue weighted by Crippen LogP contribution is -2.25. The van der Waals surface area contributed by atoms with Crippen molar-refractivity contribution in [3.63, 3.8) is 0 Å². The fraction of sp³-hybridized carbons (Fsp3) is 0.235. The topological polar surface area (TPSA) is 50.1 Å². The Kier molecular flexibility index (Phi) is 4.43. The Bertz CT molecular complexity index is 767. The van der Waals surface area contributed by atoms with Crippen LogP contribution in [0.3, 0.4) is 0 Å². The second-order valence-electron chi connectivity index (χ2n) is 5.24. The van der Waals surface area contributed by atoms with E-state index in [0.717, 1.165) is 22.4 Å². The van der Waals surface area contributed by atoms with Gasteiger partial charge in [-0.05, 0) is 29.8 Å². The third kappa shape index (κ3) is 2.99. The van der Waals surface area contributed by atoms with Crippen LogP contribution in [-0.4, -0.2) is 21.3 Å². The van der Waals surface area contributed by atoms with Gasteiger partial charge in [-0.25, -0.2) is 4.98 Å². The van der Waals surface area contributed by atoms with Crippen LogP contribution in [0.1, 0.15) is 17.4 Å². The molecule has 3 aromatic rings. The number of hydrogen-bond donors (Lipinski definition) is 2. The summed E-state index contributed by atoms with van der Waals surface area (Å²) in [6, 6.07) is 15.4. The molecule has 1 aromatic heterocycles. The molecular weight excluding hydrogens is 298 g/mol. The van der Waals surface area contributed by atoms with Crippen LogP contribution in [-0.2, 0) is 13.6 Å². The molecule has 0 aliphatic heterocycles. The minimum atomic E-state index is -0.142. The van der Waals surface area contributed by atoms with Crippen molar-refractivity contribution in [1.29, 1.82) is 0 Å². The minimum absolute atomic E-state index is 0.0194. The first-order valence-corrected chi connectivity index (χ1v) is 7.57. The third-order valence-corrected chi connectivity index (χ3v) is 4.09. The number of nitrogens with one attached hydrogen (secondary N) is 1. The molecule has 4 nitrogen and oxygen atoms in total. The van der Waals surface area contributed by atoms with Gasteiger partial charge in [0.05, 0.1) is 30.2 Å². The van der Waals surface area contributed by atoms with Gasteiger partial charge in [-0.15, -0.1) is 0 Å². The molecule has 2 N–H and O–H groups in total. The highest BCUT2D eigenvalue weighted by Gasteiger charge is 2.12. The number of aliphatic hydroxyl groups is 1. The summed E-state index contributed by atoms with van der Waals surface area (Å²) in [5, 5.41) is 13.7. The largest absolute Gasteiger partial charge is 0.394 e. The highest BCUT2D eigenvalue weighted by molar-refractivity contribution is 6.30. The SMILES string of the molecule is Cn1c(CNC(CO)c2ccc(Cl)cc2)nc2ccccc21. The smallest absolute Gasteiger partial charge is 0.123 e. The van der Waals surface area contributed by atoms with Gasteiger partial charge in [-0.1, -0.05) is 35.9 Å². The van der Waals surface area contributed by atoms with Crippen LogP contribution in [0.15, 0.2) is 48.5 Å². The molecule has 22 heavy (non-hydrogen) atoms. The van der Waals surface area contributed by atoms with E-state index in [9.17, 15) is 5.11 Å².